The first-order valence-corrected chi connectivity index (χ1v) is 6.41. The number of carbonyl (C=O) groups excluding carboxylic acids is 1. The summed E-state index contributed by atoms with van der Waals surface area (Å²) in [5.41, 5.74) is 8.77. The maximum absolute atomic E-state index is 12.2. The number of nitrogens with one attached hydrogen (secondary N) is 1. The summed E-state index contributed by atoms with van der Waals surface area (Å²) < 4.78 is 0. The molecule has 0 aromatic carbocycles. The van der Waals surface area contributed by atoms with Gasteiger partial charge in [-0.3, -0.25) is 0 Å². The van der Waals surface area contributed by atoms with E-state index in [0.717, 1.165) is 23.4 Å². The topological polar surface area (TPSA) is 110 Å². The van der Waals surface area contributed by atoms with Crippen LogP contribution in [-0.4, -0.2) is 22.8 Å². The highest BCUT2D eigenvalue weighted by Crippen LogP contribution is 2.20. The van der Waals surface area contributed by atoms with Gasteiger partial charge in [0.25, 0.3) is 0 Å². The predicted octanol–water partition coefficient (Wildman–Crippen LogP) is 1.46. The second-order valence-electron chi connectivity index (χ2n) is 4.43. The highest BCUT2D eigenvalue weighted by atomic mass is 16.7. The fourth-order valence-electron chi connectivity index (χ4n) is 2.03. The van der Waals surface area contributed by atoms with E-state index in [1.54, 1.807) is 6.92 Å². The van der Waals surface area contributed by atoms with Crippen molar-refractivity contribution in [2.75, 3.05) is 0 Å². The van der Waals surface area contributed by atoms with Gasteiger partial charge in [-0.1, -0.05) is 13.5 Å². The van der Waals surface area contributed by atoms with Crippen molar-refractivity contribution in [2.24, 2.45) is 16.6 Å². The zero-order chi connectivity index (χ0) is 16.2. The van der Waals surface area contributed by atoms with Crippen molar-refractivity contribution in [3.05, 3.63) is 46.7 Å². The van der Waals surface area contributed by atoms with Crippen LogP contribution in [0.4, 0.5) is 0 Å². The third kappa shape index (κ3) is 3.32. The van der Waals surface area contributed by atoms with Gasteiger partial charge in [-0.15, -0.1) is 5.17 Å². The van der Waals surface area contributed by atoms with E-state index in [1.807, 2.05) is 13.8 Å². The molecule has 1 aromatic rings. The highest BCUT2D eigenvalue weighted by molar-refractivity contribution is 5.92. The average Bonchev–Trinajstić information content (AvgIpc) is 2.73. The van der Waals surface area contributed by atoms with E-state index in [0.29, 0.717) is 10.7 Å². The average molecular weight is 291 g/mol. The fourth-order valence-corrected chi connectivity index (χ4v) is 2.03. The van der Waals surface area contributed by atoms with E-state index in [1.165, 1.54) is 6.08 Å². The number of allylic oxidation sites excluding steroid dienone is 1. The van der Waals surface area contributed by atoms with Crippen LogP contribution >= 0.6 is 0 Å². The van der Waals surface area contributed by atoms with Crippen molar-refractivity contribution in [1.82, 2.24) is 10.2 Å². The number of hydrogen-bond acceptors (Lipinski definition) is 6. The molecule has 114 valence electrons. The quantitative estimate of drug-likeness (QED) is 0.318. The van der Waals surface area contributed by atoms with Crippen molar-refractivity contribution in [3.63, 3.8) is 0 Å². The van der Waals surface area contributed by atoms with Gasteiger partial charge in [0.15, 0.2) is 0 Å². The molecule has 21 heavy (non-hydrogen) atoms. The highest BCUT2D eigenvalue weighted by Gasteiger charge is 2.22. The molecule has 0 spiro atoms. The minimum Gasteiger partial charge on any atom is -0.396 e. The van der Waals surface area contributed by atoms with Crippen molar-refractivity contribution in [1.29, 1.82) is 0 Å². The number of nitrogens with two attached hydrogens (primary N) is 2. The van der Waals surface area contributed by atoms with Crippen LogP contribution in [0, 0.1) is 13.8 Å². The summed E-state index contributed by atoms with van der Waals surface area (Å²) >= 11 is 0. The number of aromatic nitrogens is 1. The van der Waals surface area contributed by atoms with Gasteiger partial charge < -0.3 is 15.6 Å². The van der Waals surface area contributed by atoms with Gasteiger partial charge in [-0.2, -0.15) is 0 Å². The van der Waals surface area contributed by atoms with Gasteiger partial charge in [0.1, 0.15) is 0 Å². The maximum atomic E-state index is 12.2. The van der Waals surface area contributed by atoms with Crippen LogP contribution in [0.1, 0.15) is 34.2 Å². The molecule has 0 fully saturated rings. The lowest BCUT2D eigenvalue weighted by atomic mass is 10.1. The molecule has 0 saturated carbocycles. The molecule has 0 saturated heterocycles. The molecule has 0 aliphatic carbocycles. The molecule has 5 N–H and O–H groups in total. The number of nitrogens with zero attached hydrogens (tertiary/aromatic N) is 2. The molecule has 1 rings (SSSR count). The largest absolute Gasteiger partial charge is 0.396 e. The first-order valence-electron chi connectivity index (χ1n) is 6.41. The van der Waals surface area contributed by atoms with E-state index < -0.39 is 5.97 Å². The fraction of sp³-hybridized carbons (Fsp3) is 0.286. The van der Waals surface area contributed by atoms with E-state index in [-0.39, 0.29) is 11.5 Å². The lowest BCUT2D eigenvalue weighted by Crippen LogP contribution is -2.34. The summed E-state index contributed by atoms with van der Waals surface area (Å²) in [6, 6.07) is 0. The molecular formula is C14H21N5O2. The summed E-state index contributed by atoms with van der Waals surface area (Å²) in [5.74, 6) is 5.06. The normalized spacial score (nSPS) is 11.6. The third-order valence-electron chi connectivity index (χ3n) is 3.12. The molecule has 0 aliphatic rings. The predicted molar refractivity (Wildman–Crippen MR) is 82.0 cm³/mol. The molecule has 0 atom stereocenters. The molecule has 1 aromatic heterocycles. The lowest BCUT2D eigenvalue weighted by molar-refractivity contribution is -0.0862. The second-order valence-corrected chi connectivity index (χ2v) is 4.43. The van der Waals surface area contributed by atoms with Crippen LogP contribution in [0.3, 0.4) is 0 Å². The van der Waals surface area contributed by atoms with E-state index >= 15 is 0 Å². The summed E-state index contributed by atoms with van der Waals surface area (Å²) in [7, 11) is 0. The van der Waals surface area contributed by atoms with Crippen LogP contribution < -0.4 is 11.6 Å². The summed E-state index contributed by atoms with van der Waals surface area (Å²) in [5, 5.41) is 0.684. The molecule has 0 radical (unpaired) electrons. The first kappa shape index (κ1) is 16.5. The molecule has 0 bridgehead atoms. The Labute approximate surface area is 123 Å². The van der Waals surface area contributed by atoms with E-state index in [2.05, 4.69) is 23.3 Å². The van der Waals surface area contributed by atoms with Crippen LogP contribution in [0.5, 0.6) is 0 Å². The smallest absolute Gasteiger partial charge is 0.367 e. The monoisotopic (exact) mass is 291 g/mol. The van der Waals surface area contributed by atoms with Crippen molar-refractivity contribution < 1.29 is 9.63 Å². The minimum atomic E-state index is -0.596. The Balaban J connectivity index is 3.04. The number of hydrogen-bond donors (Lipinski definition) is 3. The molecule has 7 nitrogen and oxygen atoms in total. The Kier molecular flexibility index (Phi) is 5.31. The van der Waals surface area contributed by atoms with Gasteiger partial charge >= 0.3 is 5.97 Å². The Morgan fingerprint density at radius 1 is 1.52 bits per heavy atom. The Bertz CT molecular complexity index is 601. The van der Waals surface area contributed by atoms with E-state index in [4.69, 9.17) is 16.4 Å². The van der Waals surface area contributed by atoms with Crippen molar-refractivity contribution in [3.8, 4) is 0 Å². The zero-order valence-corrected chi connectivity index (χ0v) is 12.6. The number of hydrazine groups is 1. The number of rotatable bonds is 6. The molecule has 0 unspecified atom stereocenters. The van der Waals surface area contributed by atoms with Crippen molar-refractivity contribution >= 4 is 12.7 Å². The van der Waals surface area contributed by atoms with Gasteiger partial charge in [-0.25, -0.2) is 15.6 Å². The molecule has 1 heterocycles. The molecule has 7 heteroatoms. The number of carbonyl (C=O) groups is 1. The van der Waals surface area contributed by atoms with Gasteiger partial charge in [-0.05, 0) is 38.6 Å². The van der Waals surface area contributed by atoms with Gasteiger partial charge in [0.2, 0.25) is 5.82 Å². The van der Waals surface area contributed by atoms with Crippen LogP contribution in [0.15, 0.2) is 29.2 Å². The van der Waals surface area contributed by atoms with Crippen LogP contribution in [-0.2, 0) is 11.3 Å². The molecule has 0 aliphatic heterocycles. The van der Waals surface area contributed by atoms with Gasteiger partial charge in [0, 0.05) is 11.4 Å². The maximum Gasteiger partial charge on any atom is 0.367 e. The number of aryl methyl sites for hydroxylation is 2. The standard InChI is InChI=1S/C14H21N5O2/c1-6-10(15)13(17-5)19(16)21-14(20)12-8(3)11(7-2)18-9(12)4/h6,18H,1,5,7,15-16H2,2-4H3/b13-10-. The summed E-state index contributed by atoms with van der Waals surface area (Å²) in [6.07, 6.45) is 2.12. The van der Waals surface area contributed by atoms with Gasteiger partial charge in [0.05, 0.1) is 11.3 Å². The Morgan fingerprint density at radius 2 is 2.14 bits per heavy atom. The summed E-state index contributed by atoms with van der Waals surface area (Å²) in [4.78, 5) is 24.1. The van der Waals surface area contributed by atoms with Crippen LogP contribution in [0.2, 0.25) is 0 Å². The lowest BCUT2D eigenvalue weighted by Gasteiger charge is -2.18. The van der Waals surface area contributed by atoms with Crippen molar-refractivity contribution in [2.45, 2.75) is 27.2 Å². The number of aromatic amines is 1. The Hall–Kier alpha value is -2.54. The zero-order valence-electron chi connectivity index (χ0n) is 12.6. The Morgan fingerprint density at radius 3 is 2.57 bits per heavy atom. The van der Waals surface area contributed by atoms with Crippen LogP contribution in [0.25, 0.3) is 0 Å². The summed E-state index contributed by atoms with van der Waals surface area (Å²) in [6.45, 7) is 12.5. The molecule has 0 amide bonds. The molecular weight excluding hydrogens is 270 g/mol. The SMILES string of the molecule is C=C/C(N)=C(\N=C)N(N)OC(=O)c1c(C)[nH]c(CC)c1C. The van der Waals surface area contributed by atoms with E-state index in [9.17, 15) is 4.79 Å². The second kappa shape index (κ2) is 6.76. The number of H-pyrrole nitrogens is 1. The number of aliphatic imine (C=N–C) groups is 1. The minimum absolute atomic E-state index is 0.0138. The number of hydroxylamine groups is 1. The first-order chi connectivity index (χ1) is 9.87. The third-order valence-corrected chi connectivity index (χ3v) is 3.12.